The fourth-order valence-corrected chi connectivity index (χ4v) is 3.08. The molecule has 0 aromatic carbocycles. The molecule has 0 spiro atoms. The summed E-state index contributed by atoms with van der Waals surface area (Å²) in [6.45, 7) is 5.92. The van der Waals surface area contributed by atoms with Gasteiger partial charge in [0, 0.05) is 26.6 Å². The van der Waals surface area contributed by atoms with Gasteiger partial charge in [-0.25, -0.2) is 0 Å². The zero-order valence-electron chi connectivity index (χ0n) is 15.4. The predicted molar refractivity (Wildman–Crippen MR) is 110 cm³/mol. The van der Waals surface area contributed by atoms with Crippen molar-refractivity contribution in [3.8, 4) is 0 Å². The SMILES string of the molecule is CN=C(NCC1CCc2nnc(C)n2C1)NCC(O)c1ccc(C)o1.I. The largest absolute Gasteiger partial charge is 0.464 e. The highest BCUT2D eigenvalue weighted by Crippen LogP contribution is 2.19. The van der Waals surface area contributed by atoms with Crippen molar-refractivity contribution in [2.75, 3.05) is 20.1 Å². The number of aliphatic hydroxyl groups is 1. The molecule has 0 fully saturated rings. The molecule has 0 aliphatic carbocycles. The number of rotatable bonds is 5. The molecule has 0 saturated heterocycles. The van der Waals surface area contributed by atoms with Gasteiger partial charge in [0.2, 0.25) is 0 Å². The van der Waals surface area contributed by atoms with Crippen molar-refractivity contribution >= 4 is 29.9 Å². The van der Waals surface area contributed by atoms with Crippen LogP contribution in [-0.2, 0) is 13.0 Å². The van der Waals surface area contributed by atoms with Gasteiger partial charge in [0.1, 0.15) is 29.3 Å². The van der Waals surface area contributed by atoms with E-state index in [-0.39, 0.29) is 24.0 Å². The Bertz CT molecular complexity index is 741. The Labute approximate surface area is 170 Å². The molecule has 2 unspecified atom stereocenters. The number of furan rings is 1. The molecule has 3 heterocycles. The fraction of sp³-hybridized carbons (Fsp3) is 0.588. The van der Waals surface area contributed by atoms with Crippen LogP contribution in [0, 0.1) is 19.8 Å². The summed E-state index contributed by atoms with van der Waals surface area (Å²) in [6, 6.07) is 3.63. The molecule has 9 heteroatoms. The Balaban J connectivity index is 0.00000243. The average Bonchev–Trinajstić information content (AvgIpc) is 3.21. The van der Waals surface area contributed by atoms with E-state index in [0.717, 1.165) is 43.3 Å². The third-order valence-electron chi connectivity index (χ3n) is 4.56. The molecular weight excluding hydrogens is 447 g/mol. The van der Waals surface area contributed by atoms with Gasteiger partial charge in [0.15, 0.2) is 5.96 Å². The van der Waals surface area contributed by atoms with Crippen LogP contribution in [0.25, 0.3) is 0 Å². The number of nitrogens with zero attached hydrogens (tertiary/aromatic N) is 4. The molecule has 2 aromatic rings. The Hall–Kier alpha value is -1.62. The van der Waals surface area contributed by atoms with Crippen LogP contribution in [0.1, 0.15) is 35.7 Å². The average molecular weight is 474 g/mol. The van der Waals surface area contributed by atoms with Crippen LogP contribution in [0.4, 0.5) is 0 Å². The van der Waals surface area contributed by atoms with Crippen LogP contribution in [0.3, 0.4) is 0 Å². The highest BCUT2D eigenvalue weighted by atomic mass is 127. The van der Waals surface area contributed by atoms with E-state index in [4.69, 9.17) is 4.42 Å². The van der Waals surface area contributed by atoms with Gasteiger partial charge in [-0.2, -0.15) is 0 Å². The van der Waals surface area contributed by atoms with Gasteiger partial charge in [-0.3, -0.25) is 4.99 Å². The predicted octanol–water partition coefficient (Wildman–Crippen LogP) is 1.57. The molecule has 8 nitrogen and oxygen atoms in total. The van der Waals surface area contributed by atoms with E-state index in [1.54, 1.807) is 13.1 Å². The molecule has 0 amide bonds. The van der Waals surface area contributed by atoms with Gasteiger partial charge in [0.05, 0.1) is 6.54 Å². The van der Waals surface area contributed by atoms with Crippen LogP contribution in [0.5, 0.6) is 0 Å². The number of guanidine groups is 1. The summed E-state index contributed by atoms with van der Waals surface area (Å²) in [5, 5.41) is 25.0. The lowest BCUT2D eigenvalue weighted by Crippen LogP contribution is -2.42. The first-order valence-corrected chi connectivity index (χ1v) is 8.64. The van der Waals surface area contributed by atoms with Crippen LogP contribution in [0.2, 0.25) is 0 Å². The summed E-state index contributed by atoms with van der Waals surface area (Å²) in [7, 11) is 1.72. The van der Waals surface area contributed by atoms with Crippen LogP contribution in [0.15, 0.2) is 21.5 Å². The van der Waals surface area contributed by atoms with Crippen molar-refractivity contribution < 1.29 is 9.52 Å². The maximum Gasteiger partial charge on any atom is 0.191 e. The number of fused-ring (bicyclic) bond motifs is 1. The van der Waals surface area contributed by atoms with Crippen LogP contribution >= 0.6 is 24.0 Å². The van der Waals surface area contributed by atoms with E-state index < -0.39 is 6.10 Å². The lowest BCUT2D eigenvalue weighted by atomic mass is 9.99. The summed E-state index contributed by atoms with van der Waals surface area (Å²) in [4.78, 5) is 4.22. The highest BCUT2D eigenvalue weighted by Gasteiger charge is 2.21. The van der Waals surface area contributed by atoms with Crippen molar-refractivity contribution in [3.05, 3.63) is 35.3 Å². The van der Waals surface area contributed by atoms with E-state index in [1.807, 2.05) is 19.9 Å². The molecule has 1 aliphatic rings. The summed E-state index contributed by atoms with van der Waals surface area (Å²) in [6.07, 6.45) is 1.33. The maximum absolute atomic E-state index is 10.2. The third kappa shape index (κ3) is 4.97. The highest BCUT2D eigenvalue weighted by molar-refractivity contribution is 14.0. The summed E-state index contributed by atoms with van der Waals surface area (Å²) >= 11 is 0. The summed E-state index contributed by atoms with van der Waals surface area (Å²) < 4.78 is 7.63. The Kier molecular flexibility index (Phi) is 7.44. The van der Waals surface area contributed by atoms with Crippen molar-refractivity contribution in [1.82, 2.24) is 25.4 Å². The van der Waals surface area contributed by atoms with Crippen molar-refractivity contribution in [3.63, 3.8) is 0 Å². The zero-order chi connectivity index (χ0) is 17.8. The third-order valence-corrected chi connectivity index (χ3v) is 4.56. The van der Waals surface area contributed by atoms with E-state index in [9.17, 15) is 5.11 Å². The number of aromatic nitrogens is 3. The Morgan fingerprint density at radius 3 is 2.88 bits per heavy atom. The summed E-state index contributed by atoms with van der Waals surface area (Å²) in [5.74, 6) is 4.57. The minimum Gasteiger partial charge on any atom is -0.464 e. The van der Waals surface area contributed by atoms with Crippen molar-refractivity contribution in [2.24, 2.45) is 10.9 Å². The normalized spacial score (nSPS) is 18.0. The molecule has 1 aliphatic heterocycles. The van der Waals surface area contributed by atoms with Crippen LogP contribution in [-0.4, -0.2) is 46.0 Å². The Morgan fingerprint density at radius 2 is 2.19 bits per heavy atom. The first-order chi connectivity index (χ1) is 12.1. The van der Waals surface area contributed by atoms with E-state index >= 15 is 0 Å². The monoisotopic (exact) mass is 474 g/mol. The van der Waals surface area contributed by atoms with E-state index in [1.165, 1.54) is 0 Å². The number of hydrogen-bond donors (Lipinski definition) is 3. The molecular formula is C17H27IN6O2. The number of hydrogen-bond acceptors (Lipinski definition) is 5. The summed E-state index contributed by atoms with van der Waals surface area (Å²) in [5.41, 5.74) is 0. The zero-order valence-corrected chi connectivity index (χ0v) is 17.7. The second kappa shape index (κ2) is 9.36. The van der Waals surface area contributed by atoms with Gasteiger partial charge in [0.25, 0.3) is 0 Å². The molecule has 0 saturated carbocycles. The lowest BCUT2D eigenvalue weighted by Gasteiger charge is -2.25. The molecule has 2 atom stereocenters. The first-order valence-electron chi connectivity index (χ1n) is 8.64. The van der Waals surface area contributed by atoms with Crippen molar-refractivity contribution in [2.45, 2.75) is 39.3 Å². The van der Waals surface area contributed by atoms with Gasteiger partial charge in [-0.15, -0.1) is 34.2 Å². The molecule has 3 N–H and O–H groups in total. The number of aliphatic imine (C=N–C) groups is 1. The quantitative estimate of drug-likeness (QED) is 0.346. The molecule has 0 radical (unpaired) electrons. The lowest BCUT2D eigenvalue weighted by molar-refractivity contribution is 0.151. The number of halogens is 1. The minimum atomic E-state index is -0.704. The van der Waals surface area contributed by atoms with Gasteiger partial charge >= 0.3 is 0 Å². The number of aliphatic hydroxyl groups excluding tert-OH is 1. The molecule has 3 rings (SSSR count). The molecule has 2 aromatic heterocycles. The first kappa shape index (κ1) is 20.7. The minimum absolute atomic E-state index is 0. The van der Waals surface area contributed by atoms with Crippen molar-refractivity contribution in [1.29, 1.82) is 0 Å². The van der Waals surface area contributed by atoms with Gasteiger partial charge in [-0.05, 0) is 38.3 Å². The smallest absolute Gasteiger partial charge is 0.191 e. The standard InChI is InChI=1S/C17H26N6O2.HI/c1-11-4-6-15(25-11)14(24)9-20-17(18-3)19-8-13-5-7-16-22-21-12(2)23(16)10-13;/h4,6,13-14,24H,5,7-10H2,1-3H3,(H2,18,19,20);1H. The van der Waals surface area contributed by atoms with Gasteiger partial charge < -0.3 is 24.7 Å². The Morgan fingerprint density at radius 1 is 1.38 bits per heavy atom. The number of nitrogens with one attached hydrogen (secondary N) is 2. The molecule has 26 heavy (non-hydrogen) atoms. The van der Waals surface area contributed by atoms with Gasteiger partial charge in [-0.1, -0.05) is 0 Å². The number of aryl methyl sites for hydroxylation is 3. The maximum atomic E-state index is 10.2. The fourth-order valence-electron chi connectivity index (χ4n) is 3.08. The van der Waals surface area contributed by atoms with Crippen LogP contribution < -0.4 is 10.6 Å². The second-order valence-corrected chi connectivity index (χ2v) is 6.48. The second-order valence-electron chi connectivity index (χ2n) is 6.48. The molecule has 0 bridgehead atoms. The van der Waals surface area contributed by atoms with E-state index in [0.29, 0.717) is 24.2 Å². The topological polar surface area (TPSA) is 100 Å². The van der Waals surface area contributed by atoms with E-state index in [2.05, 4.69) is 30.4 Å². The molecule has 144 valence electrons.